The van der Waals surface area contributed by atoms with Crippen molar-refractivity contribution in [3.63, 3.8) is 0 Å². The normalized spacial score (nSPS) is 3.82. The Morgan fingerprint density at radius 1 is 1.00 bits per heavy atom. The second-order valence-electron chi connectivity index (χ2n) is 0.263. The summed E-state index contributed by atoms with van der Waals surface area (Å²) in [6, 6.07) is 0. The SMILES string of the molecule is [P]#[Ce].[P]#[Co](#[P])#[P].[P]#[Ni]#[P].[P]#[W]. The van der Waals surface area contributed by atoms with Crippen LogP contribution in [0.15, 0.2) is 0 Å². The van der Waals surface area contributed by atoms with Gasteiger partial charge in [-0.05, 0) is 0 Å². The minimum atomic E-state index is -0.521. The molecule has 0 unspecified atom stereocenters. The van der Waals surface area contributed by atoms with Gasteiger partial charge < -0.3 is 0 Å². The summed E-state index contributed by atoms with van der Waals surface area (Å²) in [6.07, 6.45) is 0. The zero-order valence-electron chi connectivity index (χ0n) is 4.69. The molecule has 11 heteroatoms. The van der Waals surface area contributed by atoms with E-state index in [1.165, 1.54) is 18.6 Å². The Kier molecular flexibility index (Phi) is 84.4. The quantitative estimate of drug-likeness (QED) is 0.221. The molecule has 0 aliphatic rings. The van der Waals surface area contributed by atoms with Crippen molar-refractivity contribution in [2.24, 2.45) is 0 Å². The fourth-order valence-electron chi connectivity index (χ4n) is 0. The fourth-order valence-corrected chi connectivity index (χ4v) is 0. The van der Waals surface area contributed by atoms with Gasteiger partial charge >= 0.3 is 126 Å². The van der Waals surface area contributed by atoms with Gasteiger partial charge in [-0.3, -0.25) is 0 Å². The Morgan fingerprint density at radius 3 is 1.00 bits per heavy atom. The van der Waals surface area contributed by atoms with Crippen LogP contribution >= 0.6 is 46.6 Å². The summed E-state index contributed by atoms with van der Waals surface area (Å²) in [4.78, 5) is 0. The maximum absolute atomic E-state index is 3.76. The van der Waals surface area contributed by atoms with Crippen LogP contribution in [0, 0.1) is 38.0 Å². The Labute approximate surface area is 123 Å². The van der Waals surface area contributed by atoms with Gasteiger partial charge in [-0.15, -0.1) is 0 Å². The molecule has 0 saturated carbocycles. The first kappa shape index (κ1) is 25.8. The third kappa shape index (κ3) is 86.3. The van der Waals surface area contributed by atoms with Crippen molar-refractivity contribution < 1.29 is 79.1 Å². The molecule has 0 spiro atoms. The molecule has 0 aliphatic heterocycles. The van der Waals surface area contributed by atoms with Gasteiger partial charge in [0, 0.05) is 0 Å². The van der Waals surface area contributed by atoms with Gasteiger partial charge in [-0.1, -0.05) is 0 Å². The molecular weight excluding hydrogens is 658 g/mol. The molecule has 0 aliphatic carbocycles. The Balaban J connectivity index is -0.0000000315. The van der Waals surface area contributed by atoms with Gasteiger partial charge in [0.1, 0.15) is 0 Å². The molecule has 0 rings (SSSR count). The van der Waals surface area contributed by atoms with E-state index in [1.54, 1.807) is 0 Å². The molecule has 64 valence electrons. The van der Waals surface area contributed by atoms with E-state index in [0.29, 0.717) is 0 Å². The Hall–Kier alpha value is 6.07. The van der Waals surface area contributed by atoms with E-state index in [4.69, 9.17) is 0 Å². The molecule has 0 aromatic heterocycles. The molecule has 0 saturated heterocycles. The molecule has 11 heavy (non-hydrogen) atoms. The topological polar surface area (TPSA) is 0 Å². The summed E-state index contributed by atoms with van der Waals surface area (Å²) >= 11 is 3.29. The van der Waals surface area contributed by atoms with Crippen LogP contribution in [-0.4, -0.2) is 0 Å². The Bertz CT molecular complexity index is 467. The first-order valence-corrected chi connectivity index (χ1v) is 18.4. The molecule has 0 nitrogen and oxygen atoms in total. The van der Waals surface area contributed by atoms with Crippen LogP contribution in [0.4, 0.5) is 0 Å². The summed E-state index contributed by atoms with van der Waals surface area (Å²) in [5.41, 5.74) is 0. The summed E-state index contributed by atoms with van der Waals surface area (Å²) < 4.78 is 3.67. The molecular formula is CeCoNiP7W. The summed E-state index contributed by atoms with van der Waals surface area (Å²) in [6.45, 7) is 3.61. The van der Waals surface area contributed by atoms with Gasteiger partial charge in [-0.2, -0.15) is 0 Å². The van der Waals surface area contributed by atoms with Crippen molar-refractivity contribution in [2.45, 2.75) is 0 Å². The average Bonchev–Trinajstić information content (AvgIpc) is 1.96. The Morgan fingerprint density at radius 2 is 1.00 bits per heavy atom. The fraction of sp³-hybridized carbons (Fsp3) is 0. The van der Waals surface area contributed by atoms with E-state index < -0.39 is 10.3 Å². The van der Waals surface area contributed by atoms with E-state index in [0.717, 1.165) is 50.2 Å². The van der Waals surface area contributed by atoms with E-state index >= 15 is 0 Å². The van der Waals surface area contributed by atoms with Gasteiger partial charge in [0.15, 0.2) is 0 Å². The van der Waals surface area contributed by atoms with Crippen molar-refractivity contribution in [3.05, 3.63) is 0 Å². The van der Waals surface area contributed by atoms with Crippen LogP contribution in [0.2, 0.25) is 0 Å². The monoisotopic (exact) mass is 658 g/mol. The molecule has 0 fully saturated rings. The van der Waals surface area contributed by atoms with Crippen molar-refractivity contribution >= 4 is 46.6 Å². The van der Waals surface area contributed by atoms with Gasteiger partial charge in [0.2, 0.25) is 0 Å². The van der Waals surface area contributed by atoms with E-state index in [1.807, 2.05) is 0 Å². The molecule has 0 N–H and O–H groups in total. The average molecular weight is 658 g/mol. The van der Waals surface area contributed by atoms with Crippen molar-refractivity contribution in [1.29, 1.82) is 0 Å². The molecule has 0 heterocycles. The second-order valence-corrected chi connectivity index (χ2v) is 9.77. The van der Waals surface area contributed by atoms with Crippen LogP contribution in [0.25, 0.3) is 0 Å². The molecule has 0 aromatic carbocycles. The van der Waals surface area contributed by atoms with Gasteiger partial charge in [0.25, 0.3) is 0 Å². The van der Waals surface area contributed by atoms with Gasteiger partial charge in [0.05, 0.1) is 0 Å². The predicted octanol–water partition coefficient (Wildman–Crippen LogP) is 6.02. The molecule has 0 radical (unpaired) electrons. The first-order chi connectivity index (χ1) is 5.15. The zero-order valence-corrected chi connectivity index (χ0v) is 19.1. The number of hydrogen-bond donors (Lipinski definition) is 0. The predicted molar refractivity (Wildman–Crippen MR) is 48.4 cm³/mol. The third-order valence-electron chi connectivity index (χ3n) is 0. The molecule has 0 bridgehead atoms. The van der Waals surface area contributed by atoms with E-state index in [2.05, 4.69) is 46.6 Å². The number of rotatable bonds is 0. The van der Waals surface area contributed by atoms with Crippen molar-refractivity contribution in [2.75, 3.05) is 0 Å². The van der Waals surface area contributed by atoms with Gasteiger partial charge in [-0.25, -0.2) is 0 Å². The van der Waals surface area contributed by atoms with Crippen LogP contribution < -0.4 is 0 Å². The van der Waals surface area contributed by atoms with Crippen molar-refractivity contribution in [1.82, 2.24) is 0 Å². The molecule has 0 atom stereocenters. The minimum absolute atomic E-state index is 0.521. The van der Waals surface area contributed by atoms with Crippen LogP contribution in [0.1, 0.15) is 0 Å². The standard InChI is InChI=1S/Ce.Co.Ni.7P.W. The summed E-state index contributed by atoms with van der Waals surface area (Å²) in [7, 11) is 17.9. The summed E-state index contributed by atoms with van der Waals surface area (Å²) in [5, 5.41) is 0. The molecule has 0 amide bonds. The van der Waals surface area contributed by atoms with Crippen molar-refractivity contribution in [3.8, 4) is 0 Å². The molecule has 0 aromatic rings. The van der Waals surface area contributed by atoms with E-state index in [-0.39, 0.29) is 0 Å². The van der Waals surface area contributed by atoms with Crippen LogP contribution in [-0.2, 0) is 41.1 Å². The maximum atomic E-state index is 3.76. The number of hydrogen-bond acceptors (Lipinski definition) is 0. The first-order valence-electron chi connectivity index (χ1n) is 1.14. The summed E-state index contributed by atoms with van der Waals surface area (Å²) in [5.74, 6) is 0. The third-order valence-corrected chi connectivity index (χ3v) is 0. The van der Waals surface area contributed by atoms with E-state index in [9.17, 15) is 0 Å². The van der Waals surface area contributed by atoms with Crippen LogP contribution in [0.5, 0.6) is 0 Å². The van der Waals surface area contributed by atoms with Crippen LogP contribution in [0.3, 0.4) is 0 Å². The zero-order chi connectivity index (χ0) is 10.3. The second kappa shape index (κ2) is 36.0.